The number of hydrogen-bond donors (Lipinski definition) is 1. The first-order chi connectivity index (χ1) is 11.6. The van der Waals surface area contributed by atoms with Gasteiger partial charge in [-0.15, -0.1) is 0 Å². The maximum Gasteiger partial charge on any atom is 0.292 e. The second-order valence-corrected chi connectivity index (χ2v) is 5.56. The molecule has 0 aliphatic carbocycles. The van der Waals surface area contributed by atoms with E-state index in [-0.39, 0.29) is 16.7 Å². The van der Waals surface area contributed by atoms with E-state index < -0.39 is 0 Å². The number of hydrogen-bond acceptors (Lipinski definition) is 4. The molecule has 1 N–H and O–H groups in total. The Balaban J connectivity index is 1.83. The normalized spacial score (nSPS) is 11.9. The first-order valence-electron chi connectivity index (χ1n) is 7.68. The molecule has 1 heterocycles. The zero-order valence-electron chi connectivity index (χ0n) is 13.3. The molecule has 0 aliphatic heterocycles. The van der Waals surface area contributed by atoms with Crippen LogP contribution in [0.2, 0.25) is 0 Å². The molecule has 0 aliphatic rings. The molecule has 122 valence electrons. The van der Waals surface area contributed by atoms with Crippen molar-refractivity contribution in [3.63, 3.8) is 0 Å². The number of anilines is 1. The van der Waals surface area contributed by atoms with Crippen LogP contribution >= 0.6 is 0 Å². The van der Waals surface area contributed by atoms with E-state index >= 15 is 0 Å². The van der Waals surface area contributed by atoms with Gasteiger partial charge in [0.05, 0.1) is 17.3 Å². The third-order valence-corrected chi connectivity index (χ3v) is 4.00. The molecular weight excluding hydrogens is 304 g/mol. The number of nitro benzene ring substituents is 1. The van der Waals surface area contributed by atoms with Gasteiger partial charge in [0, 0.05) is 25.0 Å². The molecule has 0 radical (unpaired) electrons. The Morgan fingerprint density at radius 3 is 2.71 bits per heavy atom. The van der Waals surface area contributed by atoms with Crippen LogP contribution in [0.4, 0.5) is 11.4 Å². The molecule has 1 aromatic heterocycles. The van der Waals surface area contributed by atoms with E-state index in [2.05, 4.69) is 10.3 Å². The van der Waals surface area contributed by atoms with E-state index in [1.807, 2.05) is 54.1 Å². The highest BCUT2D eigenvalue weighted by Crippen LogP contribution is 2.29. The third-order valence-electron chi connectivity index (χ3n) is 4.00. The fourth-order valence-corrected chi connectivity index (χ4v) is 2.57. The molecule has 1 unspecified atom stereocenters. The second-order valence-electron chi connectivity index (χ2n) is 5.56. The summed E-state index contributed by atoms with van der Waals surface area (Å²) < 4.78 is 1.91. The Bertz CT molecular complexity index is 816. The minimum absolute atomic E-state index is 0.0191. The van der Waals surface area contributed by atoms with Crippen LogP contribution in [0, 0.1) is 10.1 Å². The molecule has 0 amide bonds. The van der Waals surface area contributed by atoms with E-state index in [9.17, 15) is 10.1 Å². The Hall–Kier alpha value is -3.15. The van der Waals surface area contributed by atoms with E-state index in [0.717, 1.165) is 11.1 Å². The lowest BCUT2D eigenvalue weighted by Gasteiger charge is -2.15. The number of benzene rings is 2. The standard InChI is InChI=1S/C18H18N4O2/c1-14(21-10-9-19-13-21)16-7-8-17(18(11-16)22(23)24)20-12-15-5-3-2-4-6-15/h2-11,13-14,20H,12H2,1H3. The van der Waals surface area contributed by atoms with E-state index in [1.165, 1.54) is 0 Å². The summed E-state index contributed by atoms with van der Waals surface area (Å²) in [5.41, 5.74) is 2.54. The highest BCUT2D eigenvalue weighted by Gasteiger charge is 2.17. The van der Waals surface area contributed by atoms with E-state index in [4.69, 9.17) is 0 Å². The lowest BCUT2D eigenvalue weighted by molar-refractivity contribution is -0.384. The maximum atomic E-state index is 11.4. The quantitative estimate of drug-likeness (QED) is 0.549. The topological polar surface area (TPSA) is 73.0 Å². The SMILES string of the molecule is CC(c1ccc(NCc2ccccc2)c([N+](=O)[O-])c1)n1ccnc1. The van der Waals surface area contributed by atoms with Crippen molar-refractivity contribution >= 4 is 11.4 Å². The Kier molecular flexibility index (Phi) is 4.56. The minimum Gasteiger partial charge on any atom is -0.375 e. The highest BCUT2D eigenvalue weighted by atomic mass is 16.6. The van der Waals surface area contributed by atoms with E-state index in [0.29, 0.717) is 12.2 Å². The summed E-state index contributed by atoms with van der Waals surface area (Å²) in [6.45, 7) is 2.52. The predicted octanol–water partition coefficient (Wildman–Crippen LogP) is 4.01. The van der Waals surface area contributed by atoms with Gasteiger partial charge < -0.3 is 9.88 Å². The molecule has 2 aromatic carbocycles. The van der Waals surface area contributed by atoms with Gasteiger partial charge in [0.2, 0.25) is 0 Å². The predicted molar refractivity (Wildman–Crippen MR) is 92.9 cm³/mol. The van der Waals surface area contributed by atoms with Crippen molar-refractivity contribution in [1.82, 2.24) is 9.55 Å². The van der Waals surface area contributed by atoms with Crippen LogP contribution in [0.5, 0.6) is 0 Å². The number of nitrogens with zero attached hydrogens (tertiary/aromatic N) is 3. The average Bonchev–Trinajstić information content (AvgIpc) is 3.14. The number of rotatable bonds is 6. The Labute approximate surface area is 139 Å². The second kappa shape index (κ2) is 6.95. The number of nitrogens with one attached hydrogen (secondary N) is 1. The van der Waals surface area contributed by atoms with Crippen molar-refractivity contribution in [3.8, 4) is 0 Å². The summed E-state index contributed by atoms with van der Waals surface area (Å²) in [5, 5.41) is 14.6. The smallest absolute Gasteiger partial charge is 0.292 e. The fraction of sp³-hybridized carbons (Fsp3) is 0.167. The Morgan fingerprint density at radius 2 is 2.04 bits per heavy atom. The first-order valence-corrected chi connectivity index (χ1v) is 7.68. The van der Waals surface area contributed by atoms with Crippen molar-refractivity contribution in [3.05, 3.63) is 88.5 Å². The summed E-state index contributed by atoms with van der Waals surface area (Å²) in [6.07, 6.45) is 5.25. The van der Waals surface area contributed by atoms with Crippen LogP contribution < -0.4 is 5.32 Å². The monoisotopic (exact) mass is 322 g/mol. The molecule has 6 nitrogen and oxygen atoms in total. The fourth-order valence-electron chi connectivity index (χ4n) is 2.57. The van der Waals surface area contributed by atoms with Crippen LogP contribution in [0.25, 0.3) is 0 Å². The highest BCUT2D eigenvalue weighted by molar-refractivity contribution is 5.63. The van der Waals surface area contributed by atoms with Crippen molar-refractivity contribution in [2.75, 3.05) is 5.32 Å². The zero-order valence-corrected chi connectivity index (χ0v) is 13.3. The van der Waals surface area contributed by atoms with Crippen molar-refractivity contribution < 1.29 is 4.92 Å². The Morgan fingerprint density at radius 1 is 1.25 bits per heavy atom. The first kappa shape index (κ1) is 15.7. The molecule has 1 atom stereocenters. The zero-order chi connectivity index (χ0) is 16.9. The van der Waals surface area contributed by atoms with Gasteiger partial charge >= 0.3 is 0 Å². The van der Waals surface area contributed by atoms with Crippen LogP contribution in [0.1, 0.15) is 24.1 Å². The van der Waals surface area contributed by atoms with Crippen LogP contribution in [0.3, 0.4) is 0 Å². The maximum absolute atomic E-state index is 11.4. The molecule has 0 bridgehead atoms. The molecule has 6 heteroatoms. The van der Waals surface area contributed by atoms with Gasteiger partial charge in [-0.2, -0.15) is 0 Å². The lowest BCUT2D eigenvalue weighted by Crippen LogP contribution is -2.07. The van der Waals surface area contributed by atoms with Gasteiger partial charge in [-0.05, 0) is 24.1 Å². The average molecular weight is 322 g/mol. The van der Waals surface area contributed by atoms with Crippen molar-refractivity contribution in [1.29, 1.82) is 0 Å². The van der Waals surface area contributed by atoms with Crippen molar-refractivity contribution in [2.24, 2.45) is 0 Å². The molecule has 3 aromatic rings. The molecule has 24 heavy (non-hydrogen) atoms. The molecule has 0 saturated carbocycles. The number of imidazole rings is 1. The van der Waals surface area contributed by atoms with Crippen LogP contribution in [0.15, 0.2) is 67.3 Å². The minimum atomic E-state index is -0.350. The molecular formula is C18H18N4O2. The molecule has 0 spiro atoms. The lowest BCUT2D eigenvalue weighted by atomic mass is 10.1. The van der Waals surface area contributed by atoms with Gasteiger partial charge in [-0.1, -0.05) is 36.4 Å². The van der Waals surface area contributed by atoms with Gasteiger partial charge in [-0.25, -0.2) is 4.98 Å². The van der Waals surface area contributed by atoms with Gasteiger partial charge in [-0.3, -0.25) is 10.1 Å². The largest absolute Gasteiger partial charge is 0.375 e. The van der Waals surface area contributed by atoms with E-state index in [1.54, 1.807) is 24.7 Å². The summed E-state index contributed by atoms with van der Waals surface area (Å²) in [5.74, 6) is 0. The number of nitro groups is 1. The van der Waals surface area contributed by atoms with Crippen LogP contribution in [-0.4, -0.2) is 14.5 Å². The van der Waals surface area contributed by atoms with Gasteiger partial charge in [0.25, 0.3) is 5.69 Å². The van der Waals surface area contributed by atoms with Gasteiger partial charge in [0.15, 0.2) is 0 Å². The summed E-state index contributed by atoms with van der Waals surface area (Å²) in [6, 6.07) is 15.1. The summed E-state index contributed by atoms with van der Waals surface area (Å²) >= 11 is 0. The summed E-state index contributed by atoms with van der Waals surface area (Å²) in [7, 11) is 0. The number of aromatic nitrogens is 2. The van der Waals surface area contributed by atoms with Crippen molar-refractivity contribution in [2.45, 2.75) is 19.5 Å². The van der Waals surface area contributed by atoms with Crippen LogP contribution in [-0.2, 0) is 6.54 Å². The molecule has 0 saturated heterocycles. The third kappa shape index (κ3) is 3.43. The molecule has 3 rings (SSSR count). The summed E-state index contributed by atoms with van der Waals surface area (Å²) in [4.78, 5) is 15.1. The molecule has 0 fully saturated rings. The van der Waals surface area contributed by atoms with Gasteiger partial charge in [0.1, 0.15) is 5.69 Å².